The number of hydrogen-bond donors (Lipinski definition) is 2. The predicted octanol–water partition coefficient (Wildman–Crippen LogP) is 4.19. The largest absolute Gasteiger partial charge is 0.478 e. The number of para-hydroxylation sites is 1. The fourth-order valence-corrected chi connectivity index (χ4v) is 4.61. The SMILES string of the molecule is COC1(C)CCN(c2nc3c([C@@H](C)Nc4ccccc4C(=O)O)cc(C)cn3c(=O)c2C)CC1. The van der Waals surface area contributed by atoms with E-state index in [4.69, 9.17) is 9.72 Å². The van der Waals surface area contributed by atoms with Gasteiger partial charge in [0.05, 0.1) is 22.8 Å². The molecule has 1 fully saturated rings. The number of carbonyl (C=O) groups is 1. The van der Waals surface area contributed by atoms with E-state index in [1.165, 1.54) is 0 Å². The summed E-state index contributed by atoms with van der Waals surface area (Å²) in [7, 11) is 1.74. The first-order valence-corrected chi connectivity index (χ1v) is 11.6. The third kappa shape index (κ3) is 4.37. The highest BCUT2D eigenvalue weighted by molar-refractivity contribution is 5.94. The standard InChI is InChI=1S/C26H32N4O4/c1-16-14-20(18(3)27-21-9-7-6-8-19(21)25(32)33)23-28-22(17(2)24(31)30(23)15-16)29-12-10-26(4,34-5)11-13-29/h6-9,14-15,18,27H,10-13H2,1-5H3,(H,32,33)/t18-/m1/s1. The van der Waals surface area contributed by atoms with Crippen LogP contribution >= 0.6 is 0 Å². The maximum Gasteiger partial charge on any atom is 0.337 e. The maximum absolute atomic E-state index is 13.4. The summed E-state index contributed by atoms with van der Waals surface area (Å²) in [5, 5.41) is 12.9. The number of anilines is 2. The van der Waals surface area contributed by atoms with Crippen LogP contribution in [0.1, 0.15) is 59.8 Å². The van der Waals surface area contributed by atoms with Crippen molar-refractivity contribution in [3.05, 3.63) is 69.1 Å². The van der Waals surface area contributed by atoms with Crippen LogP contribution in [0.2, 0.25) is 0 Å². The van der Waals surface area contributed by atoms with Crippen LogP contribution in [0.3, 0.4) is 0 Å². The van der Waals surface area contributed by atoms with E-state index >= 15 is 0 Å². The average Bonchev–Trinajstić information content (AvgIpc) is 2.82. The summed E-state index contributed by atoms with van der Waals surface area (Å²) in [5.74, 6) is -0.295. The number of aryl methyl sites for hydroxylation is 1. The van der Waals surface area contributed by atoms with Crippen LogP contribution in [-0.2, 0) is 4.74 Å². The zero-order valence-electron chi connectivity index (χ0n) is 20.4. The molecule has 1 aliphatic rings. The first kappa shape index (κ1) is 23.8. The molecule has 0 unspecified atom stereocenters. The fourth-order valence-electron chi connectivity index (χ4n) is 4.61. The Morgan fingerprint density at radius 3 is 2.56 bits per heavy atom. The molecule has 0 amide bonds. The molecular formula is C26H32N4O4. The summed E-state index contributed by atoms with van der Waals surface area (Å²) < 4.78 is 7.28. The van der Waals surface area contributed by atoms with Crippen LogP contribution in [0.25, 0.3) is 5.65 Å². The van der Waals surface area contributed by atoms with Gasteiger partial charge in [0.1, 0.15) is 11.5 Å². The Morgan fingerprint density at radius 1 is 1.24 bits per heavy atom. The Balaban J connectivity index is 1.77. The molecule has 0 radical (unpaired) electrons. The van der Waals surface area contributed by atoms with Crippen LogP contribution in [-0.4, -0.2) is 46.3 Å². The molecular weight excluding hydrogens is 432 g/mol. The lowest BCUT2D eigenvalue weighted by molar-refractivity contribution is -0.0133. The lowest BCUT2D eigenvalue weighted by Gasteiger charge is -2.39. The second-order valence-electron chi connectivity index (χ2n) is 9.39. The normalized spacial score (nSPS) is 16.4. The van der Waals surface area contributed by atoms with Crippen molar-refractivity contribution in [1.29, 1.82) is 0 Å². The van der Waals surface area contributed by atoms with E-state index in [0.29, 0.717) is 22.7 Å². The highest BCUT2D eigenvalue weighted by Gasteiger charge is 2.31. The molecule has 0 bridgehead atoms. The van der Waals surface area contributed by atoms with E-state index in [9.17, 15) is 14.7 Å². The van der Waals surface area contributed by atoms with Gasteiger partial charge in [-0.2, -0.15) is 0 Å². The molecule has 1 aromatic carbocycles. The summed E-state index contributed by atoms with van der Waals surface area (Å²) in [4.78, 5) is 32.2. The van der Waals surface area contributed by atoms with Gasteiger partial charge in [-0.3, -0.25) is 9.20 Å². The minimum absolute atomic E-state index is 0.0943. The van der Waals surface area contributed by atoms with E-state index in [1.54, 1.807) is 42.0 Å². The number of hydrogen-bond acceptors (Lipinski definition) is 6. The van der Waals surface area contributed by atoms with Crippen molar-refractivity contribution >= 4 is 23.1 Å². The molecule has 2 aromatic heterocycles. The van der Waals surface area contributed by atoms with Crippen molar-refractivity contribution in [2.24, 2.45) is 0 Å². The molecule has 8 heteroatoms. The third-order valence-electron chi connectivity index (χ3n) is 6.90. The third-order valence-corrected chi connectivity index (χ3v) is 6.90. The molecule has 3 heterocycles. The summed E-state index contributed by atoms with van der Waals surface area (Å²) >= 11 is 0. The van der Waals surface area contributed by atoms with E-state index < -0.39 is 5.97 Å². The van der Waals surface area contributed by atoms with Crippen molar-refractivity contribution in [3.63, 3.8) is 0 Å². The Hall–Kier alpha value is -3.39. The first-order valence-electron chi connectivity index (χ1n) is 11.6. The van der Waals surface area contributed by atoms with Gasteiger partial charge in [0.15, 0.2) is 0 Å². The molecule has 1 aliphatic heterocycles. The quantitative estimate of drug-likeness (QED) is 0.565. The Labute approximate surface area is 199 Å². The van der Waals surface area contributed by atoms with Gasteiger partial charge < -0.3 is 20.1 Å². The second kappa shape index (κ2) is 9.10. The Bertz CT molecular complexity index is 1290. The second-order valence-corrected chi connectivity index (χ2v) is 9.39. The highest BCUT2D eigenvalue weighted by atomic mass is 16.5. The number of rotatable bonds is 6. The molecule has 34 heavy (non-hydrogen) atoms. The zero-order valence-corrected chi connectivity index (χ0v) is 20.4. The van der Waals surface area contributed by atoms with Crippen molar-refractivity contribution in [3.8, 4) is 0 Å². The van der Waals surface area contributed by atoms with Gasteiger partial charge in [-0.1, -0.05) is 12.1 Å². The molecule has 4 rings (SSSR count). The number of methoxy groups -OCH3 is 1. The van der Waals surface area contributed by atoms with Crippen molar-refractivity contribution in [1.82, 2.24) is 9.38 Å². The van der Waals surface area contributed by atoms with Crippen molar-refractivity contribution in [2.45, 2.75) is 52.2 Å². The number of aromatic nitrogens is 2. The van der Waals surface area contributed by atoms with E-state index in [-0.39, 0.29) is 22.8 Å². The van der Waals surface area contributed by atoms with Gasteiger partial charge >= 0.3 is 5.97 Å². The van der Waals surface area contributed by atoms with Gasteiger partial charge in [0, 0.05) is 37.6 Å². The molecule has 0 saturated carbocycles. The van der Waals surface area contributed by atoms with Gasteiger partial charge in [-0.05, 0) is 64.3 Å². The lowest BCUT2D eigenvalue weighted by Crippen LogP contribution is -2.44. The predicted molar refractivity (Wildman–Crippen MR) is 133 cm³/mol. The topological polar surface area (TPSA) is 96.2 Å². The number of aromatic carboxylic acids is 1. The van der Waals surface area contributed by atoms with Crippen molar-refractivity contribution in [2.75, 3.05) is 30.4 Å². The minimum atomic E-state index is -0.996. The van der Waals surface area contributed by atoms with Crippen LogP contribution in [0.5, 0.6) is 0 Å². The molecule has 3 aromatic rings. The number of benzene rings is 1. The van der Waals surface area contributed by atoms with Crippen molar-refractivity contribution < 1.29 is 14.6 Å². The minimum Gasteiger partial charge on any atom is -0.478 e. The molecule has 2 N–H and O–H groups in total. The Morgan fingerprint density at radius 2 is 1.91 bits per heavy atom. The van der Waals surface area contributed by atoms with E-state index in [0.717, 1.165) is 37.1 Å². The molecule has 0 aliphatic carbocycles. The van der Waals surface area contributed by atoms with Crippen LogP contribution in [0.15, 0.2) is 41.3 Å². The molecule has 8 nitrogen and oxygen atoms in total. The average molecular weight is 465 g/mol. The Kier molecular flexibility index (Phi) is 6.36. The molecule has 0 spiro atoms. The molecule has 180 valence electrons. The van der Waals surface area contributed by atoms with E-state index in [1.807, 2.05) is 26.8 Å². The highest BCUT2D eigenvalue weighted by Crippen LogP contribution is 2.30. The molecule has 1 atom stereocenters. The number of fused-ring (bicyclic) bond motifs is 1. The summed E-state index contributed by atoms with van der Waals surface area (Å²) in [6, 6.07) is 8.53. The number of piperidine rings is 1. The van der Waals surface area contributed by atoms with Crippen LogP contribution in [0, 0.1) is 13.8 Å². The number of pyridine rings is 1. The van der Waals surface area contributed by atoms with Gasteiger partial charge in [0.2, 0.25) is 0 Å². The first-order chi connectivity index (χ1) is 16.1. The summed E-state index contributed by atoms with van der Waals surface area (Å²) in [6.07, 6.45) is 3.52. The van der Waals surface area contributed by atoms with Crippen LogP contribution < -0.4 is 15.8 Å². The van der Waals surface area contributed by atoms with Gasteiger partial charge in [-0.15, -0.1) is 0 Å². The monoisotopic (exact) mass is 464 g/mol. The van der Waals surface area contributed by atoms with Gasteiger partial charge in [-0.25, -0.2) is 9.78 Å². The fraction of sp³-hybridized carbons (Fsp3) is 0.423. The smallest absolute Gasteiger partial charge is 0.337 e. The zero-order chi connectivity index (χ0) is 24.6. The number of nitrogens with zero attached hydrogens (tertiary/aromatic N) is 3. The number of carboxylic acids is 1. The van der Waals surface area contributed by atoms with Crippen LogP contribution in [0.4, 0.5) is 11.5 Å². The van der Waals surface area contributed by atoms with Gasteiger partial charge in [0.25, 0.3) is 5.56 Å². The maximum atomic E-state index is 13.4. The van der Waals surface area contributed by atoms with E-state index in [2.05, 4.69) is 17.1 Å². The summed E-state index contributed by atoms with van der Waals surface area (Å²) in [6.45, 7) is 9.34. The molecule has 1 saturated heterocycles. The summed E-state index contributed by atoms with van der Waals surface area (Å²) in [5.41, 5.74) is 3.41. The number of carboxylic acid groups (broad SMARTS) is 1. The lowest BCUT2D eigenvalue weighted by atomic mass is 9.93. The number of ether oxygens (including phenoxy) is 1. The number of nitrogens with one attached hydrogen (secondary N) is 1.